The number of carboxylic acids is 1. The number of carbonyl (C=O) groups excluding carboxylic acids is 1. The Kier molecular flexibility index (Phi) is 5.41. The van der Waals surface area contributed by atoms with Crippen LogP contribution in [0.3, 0.4) is 0 Å². The highest BCUT2D eigenvalue weighted by Gasteiger charge is 2.31. The van der Waals surface area contributed by atoms with Gasteiger partial charge in [0, 0.05) is 19.5 Å². The molecular formula is C17H23NO4. The largest absolute Gasteiger partial charge is 0.497 e. The molecule has 1 amide bonds. The van der Waals surface area contributed by atoms with Gasteiger partial charge in [0.25, 0.3) is 0 Å². The second kappa shape index (κ2) is 7.29. The molecule has 0 radical (unpaired) electrons. The summed E-state index contributed by atoms with van der Waals surface area (Å²) in [7, 11) is 3.42. The van der Waals surface area contributed by atoms with E-state index in [0.29, 0.717) is 32.2 Å². The highest BCUT2D eigenvalue weighted by Crippen LogP contribution is 2.30. The lowest BCUT2D eigenvalue weighted by Gasteiger charge is -2.29. The summed E-state index contributed by atoms with van der Waals surface area (Å²) in [6.07, 6.45) is 2.54. The summed E-state index contributed by atoms with van der Waals surface area (Å²) >= 11 is 0. The maximum Gasteiger partial charge on any atom is 0.306 e. The number of carbonyl (C=O) groups is 2. The fourth-order valence-corrected chi connectivity index (χ4v) is 2.98. The Balaban J connectivity index is 1.88. The molecule has 1 aromatic carbocycles. The predicted molar refractivity (Wildman–Crippen MR) is 82.6 cm³/mol. The number of hydrogen-bond acceptors (Lipinski definition) is 3. The Bertz CT molecular complexity index is 518. The van der Waals surface area contributed by atoms with Gasteiger partial charge in [-0.05, 0) is 43.4 Å². The van der Waals surface area contributed by atoms with Gasteiger partial charge in [0.15, 0.2) is 0 Å². The smallest absolute Gasteiger partial charge is 0.306 e. The van der Waals surface area contributed by atoms with Crippen LogP contribution in [0.1, 0.15) is 31.2 Å². The third-order valence-corrected chi connectivity index (χ3v) is 4.38. The summed E-state index contributed by atoms with van der Waals surface area (Å²) in [5, 5.41) is 9.00. The van der Waals surface area contributed by atoms with Crippen molar-refractivity contribution in [1.29, 1.82) is 0 Å². The highest BCUT2D eigenvalue weighted by atomic mass is 16.5. The molecule has 0 unspecified atom stereocenters. The fourth-order valence-electron chi connectivity index (χ4n) is 2.98. The Morgan fingerprint density at radius 3 is 2.18 bits per heavy atom. The zero-order valence-corrected chi connectivity index (χ0v) is 13.1. The summed E-state index contributed by atoms with van der Waals surface area (Å²) in [5.41, 5.74) is 1.05. The van der Waals surface area contributed by atoms with Crippen molar-refractivity contribution in [2.24, 2.45) is 11.8 Å². The topological polar surface area (TPSA) is 66.8 Å². The molecule has 1 N–H and O–H groups in total. The van der Waals surface area contributed by atoms with E-state index in [-0.39, 0.29) is 17.7 Å². The average Bonchev–Trinajstić information content (AvgIpc) is 2.55. The van der Waals surface area contributed by atoms with Crippen LogP contribution in [0.5, 0.6) is 5.75 Å². The first-order valence-electron chi connectivity index (χ1n) is 7.62. The lowest BCUT2D eigenvalue weighted by atomic mass is 9.81. The SMILES string of the molecule is COc1ccc(CN(C)C(=O)C2CCC(C(=O)O)CC2)cc1. The third-order valence-electron chi connectivity index (χ3n) is 4.38. The average molecular weight is 305 g/mol. The van der Waals surface area contributed by atoms with Gasteiger partial charge in [0.2, 0.25) is 5.91 Å². The molecule has 0 bridgehead atoms. The minimum absolute atomic E-state index is 0.0427. The van der Waals surface area contributed by atoms with Crippen molar-refractivity contribution in [2.75, 3.05) is 14.2 Å². The molecular weight excluding hydrogens is 282 g/mol. The molecule has 1 aliphatic carbocycles. The maximum atomic E-state index is 12.5. The van der Waals surface area contributed by atoms with E-state index in [2.05, 4.69) is 0 Å². The van der Waals surface area contributed by atoms with E-state index < -0.39 is 5.97 Å². The molecule has 5 nitrogen and oxygen atoms in total. The summed E-state index contributed by atoms with van der Waals surface area (Å²) < 4.78 is 5.12. The van der Waals surface area contributed by atoms with Gasteiger partial charge in [0.05, 0.1) is 13.0 Å². The Labute approximate surface area is 130 Å². The number of amides is 1. The second-order valence-electron chi connectivity index (χ2n) is 5.93. The van der Waals surface area contributed by atoms with Crippen molar-refractivity contribution in [3.8, 4) is 5.75 Å². The van der Waals surface area contributed by atoms with Gasteiger partial charge in [-0.2, -0.15) is 0 Å². The van der Waals surface area contributed by atoms with E-state index in [1.807, 2.05) is 24.3 Å². The van der Waals surface area contributed by atoms with Crippen LogP contribution in [0.25, 0.3) is 0 Å². The van der Waals surface area contributed by atoms with Gasteiger partial charge < -0.3 is 14.7 Å². The van der Waals surface area contributed by atoms with Crippen molar-refractivity contribution in [3.63, 3.8) is 0 Å². The van der Waals surface area contributed by atoms with E-state index >= 15 is 0 Å². The monoisotopic (exact) mass is 305 g/mol. The maximum absolute atomic E-state index is 12.5. The predicted octanol–water partition coefficient (Wildman–Crippen LogP) is 2.54. The van der Waals surface area contributed by atoms with Crippen LogP contribution < -0.4 is 4.74 Å². The number of aliphatic carboxylic acids is 1. The van der Waals surface area contributed by atoms with E-state index in [0.717, 1.165) is 11.3 Å². The lowest BCUT2D eigenvalue weighted by molar-refractivity contribution is -0.145. The molecule has 0 spiro atoms. The van der Waals surface area contributed by atoms with E-state index in [1.165, 1.54) is 0 Å². The molecule has 0 aliphatic heterocycles. The molecule has 2 rings (SSSR count). The number of hydrogen-bond donors (Lipinski definition) is 1. The van der Waals surface area contributed by atoms with Crippen molar-refractivity contribution in [1.82, 2.24) is 4.90 Å². The Hall–Kier alpha value is -2.04. The molecule has 0 saturated heterocycles. The van der Waals surface area contributed by atoms with Gasteiger partial charge >= 0.3 is 5.97 Å². The van der Waals surface area contributed by atoms with Crippen LogP contribution in [-0.2, 0) is 16.1 Å². The van der Waals surface area contributed by atoms with Crippen LogP contribution >= 0.6 is 0 Å². The molecule has 1 saturated carbocycles. The minimum atomic E-state index is -0.738. The molecule has 0 heterocycles. The molecule has 0 aromatic heterocycles. The number of methoxy groups -OCH3 is 1. The number of rotatable bonds is 5. The van der Waals surface area contributed by atoms with Gasteiger partial charge in [-0.15, -0.1) is 0 Å². The van der Waals surface area contributed by atoms with E-state index in [4.69, 9.17) is 9.84 Å². The minimum Gasteiger partial charge on any atom is -0.497 e. The standard InChI is InChI=1S/C17H23NO4/c1-18(11-12-3-9-15(22-2)10-4-12)16(19)13-5-7-14(8-6-13)17(20)21/h3-4,9-10,13-14H,5-8,11H2,1-2H3,(H,20,21). The van der Waals surface area contributed by atoms with Crippen molar-refractivity contribution in [3.05, 3.63) is 29.8 Å². The molecule has 1 aliphatic rings. The lowest BCUT2D eigenvalue weighted by Crippen LogP contribution is -2.35. The number of carboxylic acid groups (broad SMARTS) is 1. The summed E-state index contributed by atoms with van der Waals surface area (Å²) in [5.74, 6) is -0.156. The zero-order valence-electron chi connectivity index (χ0n) is 13.1. The van der Waals surface area contributed by atoms with Crippen LogP contribution in [0, 0.1) is 11.8 Å². The number of ether oxygens (including phenoxy) is 1. The van der Waals surface area contributed by atoms with Crippen LogP contribution in [0.2, 0.25) is 0 Å². The Morgan fingerprint density at radius 1 is 1.14 bits per heavy atom. The summed E-state index contributed by atoms with van der Waals surface area (Å²) in [6, 6.07) is 7.66. The molecule has 5 heteroatoms. The van der Waals surface area contributed by atoms with Crippen LogP contribution in [-0.4, -0.2) is 36.0 Å². The highest BCUT2D eigenvalue weighted by molar-refractivity contribution is 5.79. The van der Waals surface area contributed by atoms with E-state index in [1.54, 1.807) is 19.1 Å². The summed E-state index contributed by atoms with van der Waals surface area (Å²) in [4.78, 5) is 25.1. The third kappa shape index (κ3) is 4.00. The second-order valence-corrected chi connectivity index (χ2v) is 5.93. The first-order valence-corrected chi connectivity index (χ1v) is 7.62. The summed E-state index contributed by atoms with van der Waals surface area (Å²) in [6.45, 7) is 0.557. The van der Waals surface area contributed by atoms with Crippen LogP contribution in [0.4, 0.5) is 0 Å². The quantitative estimate of drug-likeness (QED) is 0.908. The Morgan fingerprint density at radius 2 is 1.68 bits per heavy atom. The van der Waals surface area contributed by atoms with Crippen molar-refractivity contribution < 1.29 is 19.4 Å². The van der Waals surface area contributed by atoms with Gasteiger partial charge in [-0.1, -0.05) is 12.1 Å². The van der Waals surface area contributed by atoms with E-state index in [9.17, 15) is 9.59 Å². The van der Waals surface area contributed by atoms with Gasteiger partial charge in [-0.3, -0.25) is 9.59 Å². The molecule has 0 atom stereocenters. The molecule has 120 valence electrons. The van der Waals surface area contributed by atoms with Gasteiger partial charge in [0.1, 0.15) is 5.75 Å². The first-order chi connectivity index (χ1) is 10.5. The molecule has 1 fully saturated rings. The molecule has 1 aromatic rings. The van der Waals surface area contributed by atoms with Crippen molar-refractivity contribution >= 4 is 11.9 Å². The zero-order chi connectivity index (χ0) is 16.1. The fraction of sp³-hybridized carbons (Fsp3) is 0.529. The van der Waals surface area contributed by atoms with Crippen LogP contribution in [0.15, 0.2) is 24.3 Å². The van der Waals surface area contributed by atoms with Crippen molar-refractivity contribution in [2.45, 2.75) is 32.2 Å². The normalized spacial score (nSPS) is 21.2. The first kappa shape index (κ1) is 16.3. The van der Waals surface area contributed by atoms with Gasteiger partial charge in [-0.25, -0.2) is 0 Å². The number of nitrogens with zero attached hydrogens (tertiary/aromatic N) is 1. The molecule has 22 heavy (non-hydrogen) atoms. The number of benzene rings is 1.